The van der Waals surface area contributed by atoms with Gasteiger partial charge >= 0.3 is 6.36 Å². The summed E-state index contributed by atoms with van der Waals surface area (Å²) in [5, 5.41) is 2.78. The summed E-state index contributed by atoms with van der Waals surface area (Å²) in [4.78, 5) is 16.7. The second-order valence-electron chi connectivity index (χ2n) is 7.54. The Morgan fingerprint density at radius 3 is 2.40 bits per heavy atom. The van der Waals surface area contributed by atoms with Gasteiger partial charge in [0.25, 0.3) is 5.91 Å². The van der Waals surface area contributed by atoms with Crippen molar-refractivity contribution in [2.24, 2.45) is 0 Å². The van der Waals surface area contributed by atoms with Gasteiger partial charge in [-0.15, -0.1) is 13.2 Å². The molecule has 35 heavy (non-hydrogen) atoms. The lowest BCUT2D eigenvalue weighted by atomic mass is 10.2. The van der Waals surface area contributed by atoms with Crippen LogP contribution in [0.2, 0.25) is 0 Å². The van der Waals surface area contributed by atoms with E-state index in [0.717, 1.165) is 11.2 Å². The average molecular weight is 485 g/mol. The lowest BCUT2D eigenvalue weighted by Crippen LogP contribution is -2.26. The van der Waals surface area contributed by atoms with Gasteiger partial charge in [-0.1, -0.05) is 12.1 Å². The topological polar surface area (TPSA) is 74.6 Å². The normalized spacial score (nSPS) is 11.4. The molecule has 7 nitrogen and oxygen atoms in total. The van der Waals surface area contributed by atoms with Crippen LogP contribution >= 0.6 is 0 Å². The lowest BCUT2D eigenvalue weighted by Gasteiger charge is -2.11. The molecule has 0 aliphatic rings. The average Bonchev–Trinajstić information content (AvgIpc) is 3.26. The van der Waals surface area contributed by atoms with Gasteiger partial charge in [0.1, 0.15) is 24.4 Å². The maximum Gasteiger partial charge on any atom is 0.573 e. The molecule has 4 aromatic rings. The molecule has 0 unspecified atom stereocenters. The summed E-state index contributed by atoms with van der Waals surface area (Å²) in [6.45, 7) is 1.05. The number of methoxy groups -OCH3 is 1. The number of fused-ring (bicyclic) bond motifs is 1. The molecule has 0 aliphatic carbocycles. The zero-order valence-electron chi connectivity index (χ0n) is 18.7. The highest BCUT2D eigenvalue weighted by atomic mass is 19.4. The molecule has 1 N–H and O–H groups in total. The van der Waals surface area contributed by atoms with E-state index >= 15 is 0 Å². The standard InChI is InChI=1S/C25H22F3N3O4/c1-33-13-12-29-24(32)18-4-11-23-22(14-18)30-16-31(23)19-5-9-20(10-6-19)34-15-17-2-7-21(8-3-17)35-25(26,27)28/h2-11,14,16H,12-13,15H2,1H3,(H,29,32). The molecular formula is C25H22F3N3O4. The van der Waals surface area contributed by atoms with Gasteiger partial charge in [-0.05, 0) is 60.2 Å². The van der Waals surface area contributed by atoms with Gasteiger partial charge in [-0.2, -0.15) is 0 Å². The van der Waals surface area contributed by atoms with Crippen LogP contribution < -0.4 is 14.8 Å². The number of halogens is 3. The Kier molecular flexibility index (Phi) is 7.21. The molecule has 0 bridgehead atoms. The van der Waals surface area contributed by atoms with Crippen LogP contribution in [0.1, 0.15) is 15.9 Å². The molecule has 0 saturated carbocycles. The smallest absolute Gasteiger partial charge is 0.489 e. The Labute approximate surface area is 199 Å². The maximum absolute atomic E-state index is 12.3. The van der Waals surface area contributed by atoms with Crippen LogP contribution in [0, 0.1) is 0 Å². The zero-order chi connectivity index (χ0) is 24.8. The van der Waals surface area contributed by atoms with Crippen molar-refractivity contribution in [2.45, 2.75) is 13.0 Å². The number of benzene rings is 3. The predicted octanol–water partition coefficient (Wildman–Crippen LogP) is 4.88. The van der Waals surface area contributed by atoms with E-state index in [1.54, 1.807) is 37.7 Å². The predicted molar refractivity (Wildman–Crippen MR) is 123 cm³/mol. The van der Waals surface area contributed by atoms with Crippen LogP contribution in [0.4, 0.5) is 13.2 Å². The number of ether oxygens (including phenoxy) is 3. The van der Waals surface area contributed by atoms with E-state index in [0.29, 0.717) is 35.5 Å². The highest BCUT2D eigenvalue weighted by Gasteiger charge is 2.30. The third-order valence-electron chi connectivity index (χ3n) is 5.08. The van der Waals surface area contributed by atoms with Gasteiger partial charge in [0.2, 0.25) is 0 Å². The van der Waals surface area contributed by atoms with Gasteiger partial charge in [-0.25, -0.2) is 4.98 Å². The van der Waals surface area contributed by atoms with Crippen LogP contribution in [0.5, 0.6) is 11.5 Å². The molecule has 0 spiro atoms. The number of alkyl halides is 3. The number of aromatic nitrogens is 2. The number of hydrogen-bond acceptors (Lipinski definition) is 5. The SMILES string of the molecule is COCCNC(=O)c1ccc2c(c1)ncn2-c1ccc(OCc2ccc(OC(F)(F)F)cc2)cc1. The quantitative estimate of drug-likeness (QED) is 0.342. The molecule has 10 heteroatoms. The summed E-state index contributed by atoms with van der Waals surface area (Å²) in [7, 11) is 1.57. The van der Waals surface area contributed by atoms with E-state index in [2.05, 4.69) is 15.0 Å². The van der Waals surface area contributed by atoms with Crippen molar-refractivity contribution in [2.75, 3.05) is 20.3 Å². The van der Waals surface area contributed by atoms with Crippen LogP contribution in [0.25, 0.3) is 16.7 Å². The molecule has 0 aliphatic heterocycles. The Bertz CT molecular complexity index is 1290. The Morgan fingerprint density at radius 1 is 1.00 bits per heavy atom. The second kappa shape index (κ2) is 10.5. The molecule has 1 amide bonds. The minimum atomic E-state index is -4.72. The van der Waals surface area contributed by atoms with Gasteiger partial charge in [0.05, 0.1) is 17.6 Å². The Balaban J connectivity index is 1.39. The third-order valence-corrected chi connectivity index (χ3v) is 5.08. The first-order valence-corrected chi connectivity index (χ1v) is 10.6. The molecule has 1 aromatic heterocycles. The van der Waals surface area contributed by atoms with E-state index in [1.807, 2.05) is 22.8 Å². The van der Waals surface area contributed by atoms with Crippen molar-refractivity contribution >= 4 is 16.9 Å². The second-order valence-corrected chi connectivity index (χ2v) is 7.54. The largest absolute Gasteiger partial charge is 0.573 e. The van der Waals surface area contributed by atoms with Crippen LogP contribution in [-0.2, 0) is 11.3 Å². The summed E-state index contributed by atoms with van der Waals surface area (Å²) in [6.07, 6.45) is -3.04. The van der Waals surface area contributed by atoms with E-state index in [1.165, 1.54) is 24.3 Å². The molecule has 0 radical (unpaired) electrons. The van der Waals surface area contributed by atoms with E-state index in [-0.39, 0.29) is 18.3 Å². The van der Waals surface area contributed by atoms with Crippen molar-refractivity contribution in [3.8, 4) is 17.2 Å². The molecule has 0 atom stereocenters. The fourth-order valence-electron chi connectivity index (χ4n) is 3.39. The molecular weight excluding hydrogens is 463 g/mol. The molecule has 182 valence electrons. The van der Waals surface area contributed by atoms with Crippen LogP contribution in [0.3, 0.4) is 0 Å². The van der Waals surface area contributed by atoms with Gasteiger partial charge < -0.3 is 19.5 Å². The molecule has 0 saturated heterocycles. The number of carbonyl (C=O) groups excluding carboxylic acids is 1. The third kappa shape index (κ3) is 6.30. The van der Waals surface area contributed by atoms with E-state index in [9.17, 15) is 18.0 Å². The summed E-state index contributed by atoms with van der Waals surface area (Å²) in [5.41, 5.74) is 3.59. The minimum Gasteiger partial charge on any atom is -0.489 e. The highest BCUT2D eigenvalue weighted by molar-refractivity contribution is 5.97. The van der Waals surface area contributed by atoms with Crippen molar-refractivity contribution < 1.29 is 32.2 Å². The van der Waals surface area contributed by atoms with Crippen LogP contribution in [0.15, 0.2) is 73.1 Å². The van der Waals surface area contributed by atoms with Gasteiger partial charge in [0, 0.05) is 24.9 Å². The van der Waals surface area contributed by atoms with Crippen molar-refractivity contribution in [1.82, 2.24) is 14.9 Å². The summed E-state index contributed by atoms with van der Waals surface area (Å²) in [6, 6.07) is 18.1. The number of nitrogens with one attached hydrogen (secondary N) is 1. The molecule has 1 heterocycles. The first-order valence-electron chi connectivity index (χ1n) is 10.6. The van der Waals surface area contributed by atoms with Crippen molar-refractivity contribution in [3.63, 3.8) is 0 Å². The number of nitrogens with zero attached hydrogens (tertiary/aromatic N) is 2. The Morgan fingerprint density at radius 2 is 1.71 bits per heavy atom. The fraction of sp³-hybridized carbons (Fsp3) is 0.200. The fourth-order valence-corrected chi connectivity index (χ4v) is 3.39. The van der Waals surface area contributed by atoms with Crippen molar-refractivity contribution in [1.29, 1.82) is 0 Å². The number of rotatable bonds is 9. The molecule has 0 fully saturated rings. The molecule has 3 aromatic carbocycles. The summed E-state index contributed by atoms with van der Waals surface area (Å²) < 4.78 is 53.2. The summed E-state index contributed by atoms with van der Waals surface area (Å²) >= 11 is 0. The molecule has 4 rings (SSSR count). The van der Waals surface area contributed by atoms with E-state index < -0.39 is 6.36 Å². The Hall–Kier alpha value is -4.05. The lowest BCUT2D eigenvalue weighted by molar-refractivity contribution is -0.274. The summed E-state index contributed by atoms with van der Waals surface area (Å²) in [5.74, 6) is 0.128. The minimum absolute atomic E-state index is 0.189. The van der Waals surface area contributed by atoms with Crippen molar-refractivity contribution in [3.05, 3.63) is 84.2 Å². The van der Waals surface area contributed by atoms with Crippen LogP contribution in [-0.4, -0.2) is 42.1 Å². The number of hydrogen-bond donors (Lipinski definition) is 1. The van der Waals surface area contributed by atoms with Gasteiger partial charge in [0.15, 0.2) is 0 Å². The number of carbonyl (C=O) groups is 1. The zero-order valence-corrected chi connectivity index (χ0v) is 18.7. The monoisotopic (exact) mass is 485 g/mol. The highest BCUT2D eigenvalue weighted by Crippen LogP contribution is 2.24. The van der Waals surface area contributed by atoms with Gasteiger partial charge in [-0.3, -0.25) is 9.36 Å². The first kappa shape index (κ1) is 24.1. The number of amides is 1. The first-order chi connectivity index (χ1) is 16.8. The maximum atomic E-state index is 12.3. The number of imidazole rings is 1. The van der Waals surface area contributed by atoms with E-state index in [4.69, 9.17) is 9.47 Å².